The van der Waals surface area contributed by atoms with E-state index in [9.17, 15) is 4.79 Å². The number of nitrogens with one attached hydrogen (secondary N) is 3. The van der Waals surface area contributed by atoms with E-state index in [1.54, 1.807) is 25.3 Å². The zero-order chi connectivity index (χ0) is 13.2. The molecule has 0 spiro atoms. The topological polar surface area (TPSA) is 78.7 Å². The van der Waals surface area contributed by atoms with E-state index in [1.165, 1.54) is 6.26 Å². The van der Waals surface area contributed by atoms with Crippen molar-refractivity contribution in [3.05, 3.63) is 36.8 Å². The van der Waals surface area contributed by atoms with Crippen molar-refractivity contribution in [2.75, 3.05) is 26.7 Å². The summed E-state index contributed by atoms with van der Waals surface area (Å²) in [5.74, 6) is 0.752. The van der Waals surface area contributed by atoms with Crippen LogP contribution in [0.1, 0.15) is 10.6 Å². The number of nitrogens with zero attached hydrogens (tertiary/aromatic N) is 1. The van der Waals surface area contributed by atoms with Gasteiger partial charge in [-0.2, -0.15) is 0 Å². The van der Waals surface area contributed by atoms with Gasteiger partial charge >= 0.3 is 0 Å². The molecule has 0 radical (unpaired) electrons. The average Bonchev–Trinajstić information content (AvgIpc) is 2.91. The Morgan fingerprint density at radius 2 is 2.16 bits per heavy atom. The molecule has 0 aliphatic rings. The quantitative estimate of drug-likeness (QED) is 0.227. The van der Waals surface area contributed by atoms with Gasteiger partial charge < -0.3 is 20.4 Å². The van der Waals surface area contributed by atoms with Crippen molar-refractivity contribution in [3.8, 4) is 0 Å². The van der Waals surface area contributed by atoms with Crippen LogP contribution in [0.25, 0.3) is 0 Å². The first-order valence-electron chi connectivity index (χ1n) is 5.65. The van der Waals surface area contributed by atoms with Crippen LogP contribution >= 0.6 is 24.0 Å². The normalized spacial score (nSPS) is 10.3. The predicted molar refractivity (Wildman–Crippen MR) is 86.0 cm³/mol. The van der Waals surface area contributed by atoms with Gasteiger partial charge in [0.2, 0.25) is 0 Å². The first-order valence-corrected chi connectivity index (χ1v) is 5.65. The fourth-order valence-electron chi connectivity index (χ4n) is 1.24. The molecule has 1 heterocycles. The van der Waals surface area contributed by atoms with Gasteiger partial charge in [0.1, 0.15) is 0 Å². The summed E-state index contributed by atoms with van der Waals surface area (Å²) in [4.78, 5) is 15.5. The maximum Gasteiger partial charge on any atom is 0.287 e. The molecule has 0 atom stereocenters. The Morgan fingerprint density at radius 1 is 1.42 bits per heavy atom. The summed E-state index contributed by atoms with van der Waals surface area (Å²) in [6.45, 7) is 5.29. The lowest BCUT2D eigenvalue weighted by molar-refractivity contribution is 0.0926. The summed E-state index contributed by atoms with van der Waals surface area (Å²) in [7, 11) is 1.68. The van der Waals surface area contributed by atoms with Gasteiger partial charge in [-0.3, -0.25) is 9.79 Å². The molecule has 0 saturated heterocycles. The molecule has 7 heteroatoms. The second kappa shape index (κ2) is 10.4. The zero-order valence-electron chi connectivity index (χ0n) is 10.8. The maximum atomic E-state index is 11.5. The molecule has 0 aliphatic heterocycles. The van der Waals surface area contributed by atoms with Gasteiger partial charge in [0, 0.05) is 26.7 Å². The molecule has 0 unspecified atom stereocenters. The Labute approximate surface area is 129 Å². The summed E-state index contributed by atoms with van der Waals surface area (Å²) in [6.07, 6.45) is 3.21. The van der Waals surface area contributed by atoms with Crippen LogP contribution in [0.2, 0.25) is 0 Å². The summed E-state index contributed by atoms with van der Waals surface area (Å²) in [6, 6.07) is 3.29. The van der Waals surface area contributed by atoms with Crippen LogP contribution in [0, 0.1) is 0 Å². The molecular formula is C12H19IN4O2. The van der Waals surface area contributed by atoms with Gasteiger partial charge in [-0.1, -0.05) is 6.08 Å². The highest BCUT2D eigenvalue weighted by Crippen LogP contribution is 1.98. The summed E-state index contributed by atoms with van der Waals surface area (Å²) in [5.41, 5.74) is 0. The predicted octanol–water partition coefficient (Wildman–Crippen LogP) is 0.978. The van der Waals surface area contributed by atoms with Crippen molar-refractivity contribution < 1.29 is 9.21 Å². The van der Waals surface area contributed by atoms with Crippen molar-refractivity contribution >= 4 is 35.8 Å². The van der Waals surface area contributed by atoms with E-state index >= 15 is 0 Å². The lowest BCUT2D eigenvalue weighted by atomic mass is 10.4. The third kappa shape index (κ3) is 6.85. The molecule has 1 amide bonds. The van der Waals surface area contributed by atoms with Gasteiger partial charge in [0.05, 0.1) is 6.26 Å². The second-order valence-electron chi connectivity index (χ2n) is 3.40. The molecule has 19 heavy (non-hydrogen) atoms. The number of carbonyl (C=O) groups is 1. The van der Waals surface area contributed by atoms with E-state index in [-0.39, 0.29) is 29.9 Å². The monoisotopic (exact) mass is 378 g/mol. The van der Waals surface area contributed by atoms with E-state index in [1.807, 2.05) is 0 Å². The Hall–Kier alpha value is -1.51. The van der Waals surface area contributed by atoms with Crippen LogP contribution in [0.15, 0.2) is 40.5 Å². The van der Waals surface area contributed by atoms with Crippen LogP contribution in [0.3, 0.4) is 0 Å². The summed E-state index contributed by atoms with van der Waals surface area (Å²) >= 11 is 0. The Kier molecular flexibility index (Phi) is 9.59. The van der Waals surface area contributed by atoms with Crippen molar-refractivity contribution in [2.24, 2.45) is 4.99 Å². The smallest absolute Gasteiger partial charge is 0.287 e. The number of carbonyl (C=O) groups excluding carboxylic acids is 1. The first-order chi connectivity index (χ1) is 8.77. The SMILES string of the molecule is C=CCNC(=NC)NCCNC(=O)c1ccco1.I. The largest absolute Gasteiger partial charge is 0.459 e. The highest BCUT2D eigenvalue weighted by Gasteiger charge is 2.06. The molecule has 1 aromatic heterocycles. The minimum absolute atomic E-state index is 0. The number of halogens is 1. The Morgan fingerprint density at radius 3 is 2.74 bits per heavy atom. The fraction of sp³-hybridized carbons (Fsp3) is 0.333. The highest BCUT2D eigenvalue weighted by molar-refractivity contribution is 14.0. The van der Waals surface area contributed by atoms with Gasteiger partial charge in [0.15, 0.2) is 11.7 Å². The molecule has 1 aromatic rings. The van der Waals surface area contributed by atoms with Crippen LogP contribution in [0.5, 0.6) is 0 Å². The minimum Gasteiger partial charge on any atom is -0.459 e. The number of furan rings is 1. The molecule has 3 N–H and O–H groups in total. The number of amides is 1. The standard InChI is InChI=1S/C12H18N4O2.HI/c1-3-6-15-12(13-2)16-8-7-14-11(17)10-5-4-9-18-10;/h3-5,9H,1,6-8H2,2H3,(H,14,17)(H2,13,15,16);1H. The molecule has 0 fully saturated rings. The van der Waals surface area contributed by atoms with Gasteiger partial charge in [0.25, 0.3) is 5.91 Å². The Balaban J connectivity index is 0.00000324. The maximum absolute atomic E-state index is 11.5. The fourth-order valence-corrected chi connectivity index (χ4v) is 1.24. The summed E-state index contributed by atoms with van der Waals surface area (Å²) in [5, 5.41) is 8.80. The van der Waals surface area contributed by atoms with Gasteiger partial charge in [-0.15, -0.1) is 30.6 Å². The van der Waals surface area contributed by atoms with Crippen molar-refractivity contribution in [1.82, 2.24) is 16.0 Å². The molecule has 6 nitrogen and oxygen atoms in total. The van der Waals surface area contributed by atoms with Crippen LogP contribution in [-0.2, 0) is 0 Å². The minimum atomic E-state index is -0.226. The number of hydrogen-bond donors (Lipinski definition) is 3. The molecule has 0 saturated carbocycles. The molecule has 1 rings (SSSR count). The van der Waals surface area contributed by atoms with E-state index in [2.05, 4.69) is 27.5 Å². The highest BCUT2D eigenvalue weighted by atomic mass is 127. The van der Waals surface area contributed by atoms with Gasteiger partial charge in [-0.25, -0.2) is 0 Å². The lowest BCUT2D eigenvalue weighted by Crippen LogP contribution is -2.41. The number of guanidine groups is 1. The lowest BCUT2D eigenvalue weighted by Gasteiger charge is -2.10. The van der Waals surface area contributed by atoms with Crippen molar-refractivity contribution in [2.45, 2.75) is 0 Å². The van der Waals surface area contributed by atoms with Crippen LogP contribution in [0.4, 0.5) is 0 Å². The van der Waals surface area contributed by atoms with Crippen molar-refractivity contribution in [1.29, 1.82) is 0 Å². The average molecular weight is 378 g/mol. The molecular weight excluding hydrogens is 359 g/mol. The third-order valence-corrected chi connectivity index (χ3v) is 2.09. The molecule has 106 valence electrons. The van der Waals surface area contributed by atoms with Gasteiger partial charge in [-0.05, 0) is 12.1 Å². The Bertz CT molecular complexity index is 404. The number of hydrogen-bond acceptors (Lipinski definition) is 3. The zero-order valence-corrected chi connectivity index (χ0v) is 13.1. The van der Waals surface area contributed by atoms with Crippen LogP contribution in [-0.4, -0.2) is 38.5 Å². The van der Waals surface area contributed by atoms with Crippen LogP contribution < -0.4 is 16.0 Å². The number of rotatable bonds is 6. The van der Waals surface area contributed by atoms with Crippen molar-refractivity contribution in [3.63, 3.8) is 0 Å². The van der Waals surface area contributed by atoms with E-state index in [0.717, 1.165) is 0 Å². The van der Waals surface area contributed by atoms with E-state index in [0.29, 0.717) is 31.4 Å². The van der Waals surface area contributed by atoms with E-state index < -0.39 is 0 Å². The number of aliphatic imine (C=N–C) groups is 1. The molecule has 0 aliphatic carbocycles. The summed E-state index contributed by atoms with van der Waals surface area (Å²) < 4.78 is 4.97. The third-order valence-electron chi connectivity index (χ3n) is 2.09. The second-order valence-corrected chi connectivity index (χ2v) is 3.40. The molecule has 0 aromatic carbocycles. The molecule has 0 bridgehead atoms. The first kappa shape index (κ1) is 17.5. The van der Waals surface area contributed by atoms with E-state index in [4.69, 9.17) is 4.42 Å².